The second kappa shape index (κ2) is 29.9. The van der Waals surface area contributed by atoms with Crippen LogP contribution in [0.1, 0.15) is 60.1 Å². The average Bonchev–Trinajstić information content (AvgIpc) is 3.34. The summed E-state index contributed by atoms with van der Waals surface area (Å²) in [5.74, 6) is -3.01. The number of benzene rings is 2. The SMILES string of the molecule is NCCCCC(C(=O)O)N(CCN(CC(O)C(O)C(O)C(O)CO)CC(O)C(O)C(O)C(O)CO)C(=O)CCc1ccc(-c2ccc(CCCCN=C(N)NC(=O)c3nc(Cl)c(N)nc3N)cc2)cc1. The Kier molecular flexibility index (Phi) is 25.2. The zero-order valence-electron chi connectivity index (χ0n) is 38.7. The Bertz CT molecular complexity index is 2080. The highest BCUT2D eigenvalue weighted by Crippen LogP contribution is 2.23. The van der Waals surface area contributed by atoms with E-state index in [1.54, 1.807) is 0 Å². The number of hydrogen-bond donors (Lipinski definition) is 16. The van der Waals surface area contributed by atoms with Crippen LogP contribution < -0.4 is 28.3 Å². The topological polar surface area (TPSA) is 434 Å². The highest BCUT2D eigenvalue weighted by atomic mass is 35.5. The van der Waals surface area contributed by atoms with Crippen molar-refractivity contribution in [3.05, 3.63) is 70.5 Å². The number of aromatic nitrogens is 2. The summed E-state index contributed by atoms with van der Waals surface area (Å²) in [6, 6.07) is 14.1. The first-order valence-corrected chi connectivity index (χ1v) is 23.1. The van der Waals surface area contributed by atoms with Crippen molar-refractivity contribution in [3.8, 4) is 11.1 Å². The van der Waals surface area contributed by atoms with Gasteiger partial charge in [0.15, 0.2) is 28.4 Å². The maximum atomic E-state index is 14.0. The zero-order chi connectivity index (χ0) is 52.1. The number of aliphatic hydroxyl groups excluding tert-OH is 10. The number of aliphatic carboxylic acids is 1. The van der Waals surface area contributed by atoms with Crippen molar-refractivity contribution in [1.82, 2.24) is 25.1 Å². The van der Waals surface area contributed by atoms with Gasteiger partial charge in [0.25, 0.3) is 5.91 Å². The van der Waals surface area contributed by atoms with Crippen LogP contribution in [-0.2, 0) is 22.4 Å². The van der Waals surface area contributed by atoms with E-state index in [9.17, 15) is 70.6 Å². The fourth-order valence-corrected chi connectivity index (χ4v) is 7.44. The standard InChI is InChI=1S/C45H69ClN10O14/c46-40-42(49)53-41(48)35(52-40)43(68)54-45(50)51-18-4-2-5-25-7-12-27(13-8-25)28-14-9-26(10-15-28)11-16-34(63)56(29(44(69)70)6-1-3-17-47)20-19-55(21-30(59)36(64)38(66)32(61)23-57)22-31(60)37(65)39(67)33(62)24-58/h7-10,12-15,29-33,36-39,57-62,64-67H,1-6,11,16-24,47H2,(H,69,70)(H4,48,49,53)(H3,50,51,54,68). The molecule has 24 nitrogen and oxygen atoms in total. The summed E-state index contributed by atoms with van der Waals surface area (Å²) in [6.45, 7) is -3.11. The van der Waals surface area contributed by atoms with Gasteiger partial charge < -0.3 is 84.0 Å². The van der Waals surface area contributed by atoms with Crippen LogP contribution in [0.4, 0.5) is 11.6 Å². The molecule has 70 heavy (non-hydrogen) atoms. The monoisotopic (exact) mass is 1010 g/mol. The van der Waals surface area contributed by atoms with Crippen molar-refractivity contribution < 1.29 is 70.6 Å². The molecule has 25 heteroatoms. The van der Waals surface area contributed by atoms with Crippen LogP contribution in [0, 0.1) is 0 Å². The number of unbranched alkanes of at least 4 members (excludes halogenated alkanes) is 2. The van der Waals surface area contributed by atoms with E-state index in [1.807, 2.05) is 48.5 Å². The Morgan fingerprint density at radius 2 is 1.20 bits per heavy atom. The molecule has 3 aromatic rings. The van der Waals surface area contributed by atoms with Gasteiger partial charge in [-0.1, -0.05) is 60.1 Å². The van der Waals surface area contributed by atoms with Gasteiger partial charge in [-0.05, 0) is 73.7 Å². The summed E-state index contributed by atoms with van der Waals surface area (Å²) in [5.41, 5.74) is 26.2. The predicted molar refractivity (Wildman–Crippen MR) is 258 cm³/mol. The number of hydrogen-bond acceptors (Lipinski definition) is 20. The van der Waals surface area contributed by atoms with E-state index in [0.29, 0.717) is 25.8 Å². The Morgan fingerprint density at radius 1 is 0.686 bits per heavy atom. The van der Waals surface area contributed by atoms with E-state index in [2.05, 4.69) is 20.3 Å². The summed E-state index contributed by atoms with van der Waals surface area (Å²) < 4.78 is 0. The molecule has 0 aliphatic heterocycles. The third kappa shape index (κ3) is 18.5. The van der Waals surface area contributed by atoms with Gasteiger partial charge in [-0.25, -0.2) is 14.8 Å². The van der Waals surface area contributed by atoms with Crippen LogP contribution in [0.15, 0.2) is 53.5 Å². The molecule has 2 aromatic carbocycles. The van der Waals surface area contributed by atoms with E-state index in [0.717, 1.165) is 40.0 Å². The number of nitrogen functional groups attached to an aromatic ring is 2. The lowest BCUT2D eigenvalue weighted by molar-refractivity contribution is -0.151. The number of rotatable bonds is 31. The predicted octanol–water partition coefficient (Wildman–Crippen LogP) is -3.45. The number of aliphatic imine (C=N–C) groups is 1. The van der Waals surface area contributed by atoms with Crippen molar-refractivity contribution >= 4 is 47.0 Å². The van der Waals surface area contributed by atoms with Crippen LogP contribution in [0.5, 0.6) is 0 Å². The molecule has 0 fully saturated rings. The number of carboxylic acids is 1. The molecule has 2 amide bonds. The van der Waals surface area contributed by atoms with Crippen LogP contribution in [0.3, 0.4) is 0 Å². The molecule has 0 spiro atoms. The van der Waals surface area contributed by atoms with Crippen molar-refractivity contribution in [2.75, 3.05) is 63.9 Å². The lowest BCUT2D eigenvalue weighted by Crippen LogP contribution is -2.55. The van der Waals surface area contributed by atoms with Gasteiger partial charge in [0.1, 0.15) is 42.7 Å². The number of nitrogens with zero attached hydrogens (tertiary/aromatic N) is 5. The number of guanidine groups is 1. The van der Waals surface area contributed by atoms with Crippen molar-refractivity contribution in [3.63, 3.8) is 0 Å². The number of anilines is 2. The first-order chi connectivity index (χ1) is 33.2. The van der Waals surface area contributed by atoms with Gasteiger partial charge in [0, 0.05) is 39.1 Å². The minimum atomic E-state index is -2.04. The molecule has 9 atom stereocenters. The second-order valence-electron chi connectivity index (χ2n) is 16.8. The van der Waals surface area contributed by atoms with Gasteiger partial charge >= 0.3 is 5.97 Å². The summed E-state index contributed by atoms with van der Waals surface area (Å²) in [4.78, 5) is 53.2. The fourth-order valence-electron chi connectivity index (χ4n) is 7.31. The second-order valence-corrected chi connectivity index (χ2v) is 17.1. The fraction of sp³-hybridized carbons (Fsp3) is 0.556. The third-order valence-corrected chi connectivity index (χ3v) is 11.8. The van der Waals surface area contributed by atoms with Crippen molar-refractivity contribution in [2.45, 2.75) is 106 Å². The Morgan fingerprint density at radius 3 is 1.70 bits per heavy atom. The summed E-state index contributed by atoms with van der Waals surface area (Å²) >= 11 is 5.84. The molecule has 0 bridgehead atoms. The number of carbonyl (C=O) groups is 3. The Hall–Kier alpha value is -5.19. The maximum absolute atomic E-state index is 14.0. The molecule has 390 valence electrons. The minimum absolute atomic E-state index is 0.0337. The van der Waals surface area contributed by atoms with Gasteiger partial charge in [-0.3, -0.25) is 24.8 Å². The summed E-state index contributed by atoms with van der Waals surface area (Å²) in [7, 11) is 0. The first-order valence-electron chi connectivity index (χ1n) is 22.7. The molecule has 20 N–H and O–H groups in total. The van der Waals surface area contributed by atoms with Crippen LogP contribution >= 0.6 is 11.6 Å². The zero-order valence-corrected chi connectivity index (χ0v) is 39.5. The minimum Gasteiger partial charge on any atom is -0.480 e. The van der Waals surface area contributed by atoms with Crippen molar-refractivity contribution in [1.29, 1.82) is 0 Å². The van der Waals surface area contributed by atoms with Crippen molar-refractivity contribution in [2.24, 2.45) is 16.5 Å². The smallest absolute Gasteiger partial charge is 0.326 e. The van der Waals surface area contributed by atoms with Crippen LogP contribution in [-0.4, -0.2) is 207 Å². The quantitative estimate of drug-likeness (QED) is 0.0169. The summed E-state index contributed by atoms with van der Waals surface area (Å²) in [5, 5.41) is 114. The molecular formula is C45H69ClN10O14. The number of amides is 2. The van der Waals surface area contributed by atoms with Crippen LogP contribution in [0.25, 0.3) is 11.1 Å². The largest absolute Gasteiger partial charge is 0.480 e. The highest BCUT2D eigenvalue weighted by molar-refractivity contribution is 6.31. The summed E-state index contributed by atoms with van der Waals surface area (Å²) in [6.07, 6.45) is -12.3. The number of aryl methyl sites for hydroxylation is 2. The Balaban J connectivity index is 1.66. The van der Waals surface area contributed by atoms with Gasteiger partial charge in [-0.2, -0.15) is 0 Å². The number of halogens is 1. The highest BCUT2D eigenvalue weighted by Gasteiger charge is 2.36. The molecule has 9 unspecified atom stereocenters. The molecule has 0 aliphatic rings. The molecule has 0 aliphatic carbocycles. The molecule has 0 radical (unpaired) electrons. The van der Waals surface area contributed by atoms with E-state index < -0.39 is 99.0 Å². The van der Waals surface area contributed by atoms with Gasteiger partial charge in [0.2, 0.25) is 5.91 Å². The maximum Gasteiger partial charge on any atom is 0.326 e. The van der Waals surface area contributed by atoms with E-state index >= 15 is 0 Å². The van der Waals surface area contributed by atoms with Crippen LogP contribution in [0.2, 0.25) is 5.15 Å². The molecule has 3 rings (SSSR count). The first kappa shape index (κ1) is 59.1. The molecule has 0 saturated carbocycles. The lowest BCUT2D eigenvalue weighted by Gasteiger charge is -2.36. The van der Waals surface area contributed by atoms with E-state index in [-0.39, 0.29) is 67.3 Å². The Labute approximate surface area is 409 Å². The molecule has 1 aromatic heterocycles. The van der Waals surface area contributed by atoms with Gasteiger partial charge in [-0.15, -0.1) is 0 Å². The van der Waals surface area contributed by atoms with E-state index in [4.69, 9.17) is 34.5 Å². The third-order valence-electron chi connectivity index (χ3n) is 11.5. The van der Waals surface area contributed by atoms with E-state index in [1.165, 1.54) is 4.90 Å². The molecule has 0 saturated heterocycles. The van der Waals surface area contributed by atoms with Gasteiger partial charge in [0.05, 0.1) is 25.4 Å². The average molecular weight is 1010 g/mol. The normalized spacial score (nSPS) is 15.9. The lowest BCUT2D eigenvalue weighted by atomic mass is 9.99. The molecule has 1 heterocycles. The molecular weight excluding hydrogens is 940 g/mol. The number of carbonyl (C=O) groups excluding carboxylic acids is 2. The number of carboxylic acid groups (broad SMARTS) is 1. The number of nitrogens with one attached hydrogen (secondary N) is 1. The number of nitrogens with two attached hydrogens (primary N) is 4. The number of aliphatic hydroxyl groups is 10.